The van der Waals surface area contributed by atoms with Crippen molar-refractivity contribution in [1.29, 1.82) is 0 Å². The zero-order chi connectivity index (χ0) is 12.0. The summed E-state index contributed by atoms with van der Waals surface area (Å²) in [6.45, 7) is 3.70. The largest absolute Gasteiger partial charge is 0.317 e. The maximum Gasteiger partial charge on any atom is 0.214 e. The van der Waals surface area contributed by atoms with Gasteiger partial charge in [-0.15, -0.1) is 0 Å². The van der Waals surface area contributed by atoms with E-state index < -0.39 is 10.0 Å². The molecule has 1 unspecified atom stereocenters. The van der Waals surface area contributed by atoms with Crippen molar-refractivity contribution in [2.75, 3.05) is 37.4 Å². The van der Waals surface area contributed by atoms with E-state index in [0.717, 1.165) is 31.0 Å². The van der Waals surface area contributed by atoms with Crippen LogP contribution in [-0.4, -0.2) is 56.2 Å². The molecule has 1 atom stereocenters. The van der Waals surface area contributed by atoms with Crippen LogP contribution in [0.4, 0.5) is 0 Å². The van der Waals surface area contributed by atoms with Crippen LogP contribution in [0, 0.1) is 0 Å². The van der Waals surface area contributed by atoms with Crippen LogP contribution in [0.15, 0.2) is 0 Å². The molecule has 0 aromatic carbocycles. The van der Waals surface area contributed by atoms with Gasteiger partial charge in [0, 0.05) is 18.8 Å². The third-order valence-corrected chi connectivity index (χ3v) is 5.99. The minimum Gasteiger partial charge on any atom is -0.317 e. The van der Waals surface area contributed by atoms with Crippen LogP contribution in [-0.2, 0) is 10.0 Å². The standard InChI is InChI=1S/C10H22N2O2S2/c1-3-11-6-4-8-16(13,14)12(2)10-5-7-15-9-10/h10-11H,3-9H2,1-2H3. The molecule has 1 heterocycles. The minimum absolute atomic E-state index is 0.217. The lowest BCUT2D eigenvalue weighted by atomic mass is 10.3. The Bertz CT molecular complexity index is 287. The van der Waals surface area contributed by atoms with Crippen molar-refractivity contribution in [3.8, 4) is 0 Å². The predicted octanol–water partition coefficient (Wildman–Crippen LogP) is 0.753. The van der Waals surface area contributed by atoms with E-state index in [2.05, 4.69) is 5.32 Å². The second-order valence-electron chi connectivity index (χ2n) is 4.06. The highest BCUT2D eigenvalue weighted by Gasteiger charge is 2.28. The molecule has 0 aromatic rings. The van der Waals surface area contributed by atoms with Gasteiger partial charge in [0.1, 0.15) is 0 Å². The molecule has 1 N–H and O–H groups in total. The van der Waals surface area contributed by atoms with Gasteiger partial charge in [0.05, 0.1) is 5.75 Å². The van der Waals surface area contributed by atoms with Gasteiger partial charge >= 0.3 is 0 Å². The van der Waals surface area contributed by atoms with Crippen molar-refractivity contribution in [3.63, 3.8) is 0 Å². The molecule has 4 nitrogen and oxygen atoms in total. The minimum atomic E-state index is -3.04. The molecule has 6 heteroatoms. The molecule has 0 bridgehead atoms. The Morgan fingerprint density at radius 3 is 2.81 bits per heavy atom. The Labute approximate surface area is 103 Å². The van der Waals surface area contributed by atoms with E-state index in [1.807, 2.05) is 18.7 Å². The highest BCUT2D eigenvalue weighted by molar-refractivity contribution is 7.99. The van der Waals surface area contributed by atoms with Crippen molar-refractivity contribution in [2.24, 2.45) is 0 Å². The highest BCUT2D eigenvalue weighted by Crippen LogP contribution is 2.23. The van der Waals surface area contributed by atoms with E-state index in [0.29, 0.717) is 6.42 Å². The second-order valence-corrected chi connectivity index (χ2v) is 7.35. The molecule has 1 rings (SSSR count). The number of hydrogen-bond acceptors (Lipinski definition) is 4. The zero-order valence-electron chi connectivity index (χ0n) is 10.1. The summed E-state index contributed by atoms with van der Waals surface area (Å²) in [6.07, 6.45) is 1.69. The quantitative estimate of drug-likeness (QED) is 0.691. The third kappa shape index (κ3) is 4.24. The Morgan fingerprint density at radius 1 is 1.50 bits per heavy atom. The van der Waals surface area contributed by atoms with Crippen molar-refractivity contribution < 1.29 is 8.42 Å². The Balaban J connectivity index is 2.36. The van der Waals surface area contributed by atoms with Gasteiger partial charge in [-0.2, -0.15) is 11.8 Å². The summed E-state index contributed by atoms with van der Waals surface area (Å²) in [4.78, 5) is 0. The number of thioether (sulfide) groups is 1. The number of rotatable bonds is 7. The second kappa shape index (κ2) is 6.83. The molecular formula is C10H22N2O2S2. The van der Waals surface area contributed by atoms with Gasteiger partial charge in [0.15, 0.2) is 0 Å². The van der Waals surface area contributed by atoms with Gasteiger partial charge in [0.25, 0.3) is 0 Å². The molecule has 1 aliphatic rings. The first-order chi connectivity index (χ1) is 7.58. The maximum absolute atomic E-state index is 12.0. The van der Waals surface area contributed by atoms with Crippen LogP contribution < -0.4 is 5.32 Å². The van der Waals surface area contributed by atoms with Gasteiger partial charge in [-0.1, -0.05) is 6.92 Å². The molecule has 1 saturated heterocycles. The van der Waals surface area contributed by atoms with E-state index in [1.54, 1.807) is 11.4 Å². The first-order valence-electron chi connectivity index (χ1n) is 5.82. The lowest BCUT2D eigenvalue weighted by molar-refractivity contribution is 0.394. The van der Waals surface area contributed by atoms with E-state index in [4.69, 9.17) is 0 Å². The predicted molar refractivity (Wildman–Crippen MR) is 70.4 cm³/mol. The number of nitrogens with zero attached hydrogens (tertiary/aromatic N) is 1. The first-order valence-corrected chi connectivity index (χ1v) is 8.58. The Morgan fingerprint density at radius 2 is 2.25 bits per heavy atom. The SMILES string of the molecule is CCNCCCS(=O)(=O)N(C)C1CCSC1. The van der Waals surface area contributed by atoms with Crippen molar-refractivity contribution in [2.45, 2.75) is 25.8 Å². The van der Waals surface area contributed by atoms with Gasteiger partial charge in [0.2, 0.25) is 10.0 Å². The van der Waals surface area contributed by atoms with E-state index >= 15 is 0 Å². The summed E-state index contributed by atoms with van der Waals surface area (Å²) in [7, 11) is -1.32. The van der Waals surface area contributed by atoms with Gasteiger partial charge in [-0.25, -0.2) is 12.7 Å². The fourth-order valence-corrected chi connectivity index (χ4v) is 4.53. The summed E-state index contributed by atoms with van der Waals surface area (Å²) >= 11 is 1.84. The highest BCUT2D eigenvalue weighted by atomic mass is 32.2. The van der Waals surface area contributed by atoms with E-state index in [9.17, 15) is 8.42 Å². The van der Waals surface area contributed by atoms with Crippen LogP contribution in [0.2, 0.25) is 0 Å². The third-order valence-electron chi connectivity index (χ3n) is 2.86. The molecule has 0 aromatic heterocycles. The Kier molecular flexibility index (Phi) is 6.10. The van der Waals surface area contributed by atoms with Crippen LogP contribution in [0.25, 0.3) is 0 Å². The summed E-state index contributed by atoms with van der Waals surface area (Å²) in [5.74, 6) is 2.29. The molecule has 16 heavy (non-hydrogen) atoms. The first kappa shape index (κ1) is 14.3. The topological polar surface area (TPSA) is 49.4 Å². The molecule has 96 valence electrons. The van der Waals surface area contributed by atoms with Gasteiger partial charge in [-0.3, -0.25) is 0 Å². The molecule has 1 fully saturated rings. The van der Waals surface area contributed by atoms with Crippen molar-refractivity contribution in [3.05, 3.63) is 0 Å². The number of hydrogen-bond donors (Lipinski definition) is 1. The van der Waals surface area contributed by atoms with Gasteiger partial charge in [-0.05, 0) is 31.7 Å². The maximum atomic E-state index is 12.0. The van der Waals surface area contributed by atoms with Crippen LogP contribution in [0.5, 0.6) is 0 Å². The summed E-state index contributed by atoms with van der Waals surface area (Å²) in [6, 6.07) is 0.217. The molecule has 0 aliphatic carbocycles. The summed E-state index contributed by atoms with van der Waals surface area (Å²) in [5, 5.41) is 3.14. The lowest BCUT2D eigenvalue weighted by Crippen LogP contribution is -2.38. The average molecular weight is 266 g/mol. The lowest BCUT2D eigenvalue weighted by Gasteiger charge is -2.23. The van der Waals surface area contributed by atoms with Crippen molar-refractivity contribution in [1.82, 2.24) is 9.62 Å². The molecule has 0 radical (unpaired) electrons. The zero-order valence-corrected chi connectivity index (χ0v) is 11.7. The molecule has 1 aliphatic heterocycles. The van der Waals surface area contributed by atoms with E-state index in [1.165, 1.54) is 0 Å². The summed E-state index contributed by atoms with van der Waals surface area (Å²) in [5.41, 5.74) is 0. The van der Waals surface area contributed by atoms with Gasteiger partial charge < -0.3 is 5.32 Å². The van der Waals surface area contributed by atoms with Crippen molar-refractivity contribution >= 4 is 21.8 Å². The fraction of sp³-hybridized carbons (Fsp3) is 1.00. The van der Waals surface area contributed by atoms with Crippen LogP contribution in [0.3, 0.4) is 0 Å². The smallest absolute Gasteiger partial charge is 0.214 e. The molecule has 0 spiro atoms. The number of sulfonamides is 1. The van der Waals surface area contributed by atoms with Crippen LogP contribution >= 0.6 is 11.8 Å². The fourth-order valence-electron chi connectivity index (χ4n) is 1.74. The normalized spacial score (nSPS) is 21.8. The van der Waals surface area contributed by atoms with Crippen LogP contribution in [0.1, 0.15) is 19.8 Å². The summed E-state index contributed by atoms with van der Waals surface area (Å²) < 4.78 is 25.5. The average Bonchev–Trinajstić information content (AvgIpc) is 2.76. The molecule has 0 saturated carbocycles. The molecular weight excluding hydrogens is 244 g/mol. The monoisotopic (exact) mass is 266 g/mol. The Hall–Kier alpha value is 0.220. The number of nitrogens with one attached hydrogen (secondary N) is 1. The van der Waals surface area contributed by atoms with E-state index in [-0.39, 0.29) is 11.8 Å². The molecule has 0 amide bonds.